The van der Waals surface area contributed by atoms with Crippen molar-refractivity contribution in [3.8, 4) is 0 Å². The average molecular weight is 474 g/mol. The molecule has 0 radical (unpaired) electrons. The molecule has 0 unspecified atom stereocenters. The predicted octanol–water partition coefficient (Wildman–Crippen LogP) is 3.33. The Hall–Kier alpha value is -2.45. The van der Waals surface area contributed by atoms with Crippen molar-refractivity contribution >= 4 is 21.6 Å². The van der Waals surface area contributed by atoms with Crippen LogP contribution in [-0.2, 0) is 20.6 Å². The number of piperidine rings is 1. The molecule has 0 N–H and O–H groups in total. The third kappa shape index (κ3) is 5.38. The molecular formula is C25H32FN3O3S. The molecule has 0 saturated carbocycles. The van der Waals surface area contributed by atoms with E-state index >= 15 is 0 Å². The topological polar surface area (TPSA) is 60.9 Å². The summed E-state index contributed by atoms with van der Waals surface area (Å²) in [7, 11) is -3.49. The van der Waals surface area contributed by atoms with E-state index in [0.29, 0.717) is 44.6 Å². The van der Waals surface area contributed by atoms with Crippen LogP contribution in [0.5, 0.6) is 0 Å². The van der Waals surface area contributed by atoms with Crippen LogP contribution in [0, 0.1) is 25.6 Å². The number of anilines is 1. The highest BCUT2D eigenvalue weighted by molar-refractivity contribution is 7.88. The maximum atomic E-state index is 13.1. The van der Waals surface area contributed by atoms with Gasteiger partial charge in [0.25, 0.3) is 0 Å². The smallest absolute Gasteiger partial charge is 0.225 e. The third-order valence-corrected chi connectivity index (χ3v) is 8.82. The Morgan fingerprint density at radius 3 is 2.21 bits per heavy atom. The Bertz CT molecular complexity index is 1090. The monoisotopic (exact) mass is 473 g/mol. The number of benzene rings is 2. The molecule has 0 atom stereocenters. The number of rotatable bonds is 5. The fourth-order valence-electron chi connectivity index (χ4n) is 4.77. The van der Waals surface area contributed by atoms with Crippen LogP contribution in [0.4, 0.5) is 10.1 Å². The van der Waals surface area contributed by atoms with Crippen LogP contribution < -0.4 is 4.90 Å². The van der Waals surface area contributed by atoms with E-state index in [2.05, 4.69) is 36.9 Å². The van der Waals surface area contributed by atoms with E-state index in [-0.39, 0.29) is 23.4 Å². The largest absolute Gasteiger partial charge is 0.368 e. The zero-order valence-electron chi connectivity index (χ0n) is 19.3. The van der Waals surface area contributed by atoms with Gasteiger partial charge in [-0.15, -0.1) is 0 Å². The first-order valence-electron chi connectivity index (χ1n) is 11.6. The molecule has 4 rings (SSSR count). The van der Waals surface area contributed by atoms with E-state index < -0.39 is 10.0 Å². The number of carbonyl (C=O) groups excluding carboxylic acids is 1. The molecule has 2 fully saturated rings. The molecule has 8 heteroatoms. The summed E-state index contributed by atoms with van der Waals surface area (Å²) in [5.41, 5.74) is 4.36. The fraction of sp³-hybridized carbons (Fsp3) is 0.480. The summed E-state index contributed by atoms with van der Waals surface area (Å²) in [5, 5.41) is 0. The maximum Gasteiger partial charge on any atom is 0.225 e. The highest BCUT2D eigenvalue weighted by Gasteiger charge is 2.34. The van der Waals surface area contributed by atoms with Crippen molar-refractivity contribution in [2.45, 2.75) is 32.4 Å². The normalized spacial score (nSPS) is 18.5. The minimum atomic E-state index is -3.49. The quantitative estimate of drug-likeness (QED) is 0.668. The molecule has 1 amide bonds. The van der Waals surface area contributed by atoms with Gasteiger partial charge in [-0.05, 0) is 61.6 Å². The van der Waals surface area contributed by atoms with Crippen LogP contribution in [0.2, 0.25) is 0 Å². The van der Waals surface area contributed by atoms with E-state index in [9.17, 15) is 17.6 Å². The van der Waals surface area contributed by atoms with Crippen LogP contribution in [0.25, 0.3) is 0 Å². The number of hydrogen-bond donors (Lipinski definition) is 0. The minimum Gasteiger partial charge on any atom is -0.368 e. The summed E-state index contributed by atoms with van der Waals surface area (Å²) in [5.74, 6) is -0.516. The molecule has 178 valence electrons. The van der Waals surface area contributed by atoms with Gasteiger partial charge in [0, 0.05) is 50.9 Å². The SMILES string of the molecule is Cc1cccc(N2CCN(C(=O)C3CCN(S(=O)(=O)Cc4ccc(F)cc4)CC3)CC2)c1C. The van der Waals surface area contributed by atoms with Gasteiger partial charge in [0.15, 0.2) is 0 Å². The number of carbonyl (C=O) groups is 1. The molecule has 2 aromatic carbocycles. The summed E-state index contributed by atoms with van der Waals surface area (Å²) in [4.78, 5) is 17.4. The van der Waals surface area contributed by atoms with Crippen LogP contribution in [0.3, 0.4) is 0 Å². The van der Waals surface area contributed by atoms with Crippen molar-refractivity contribution in [1.29, 1.82) is 0 Å². The molecule has 0 bridgehead atoms. The second-order valence-electron chi connectivity index (χ2n) is 9.09. The van der Waals surface area contributed by atoms with Crippen molar-refractivity contribution in [2.75, 3.05) is 44.2 Å². The second kappa shape index (κ2) is 9.81. The van der Waals surface area contributed by atoms with Crippen LogP contribution in [0.1, 0.15) is 29.5 Å². The molecule has 6 nitrogen and oxygen atoms in total. The van der Waals surface area contributed by atoms with E-state index in [1.54, 1.807) is 0 Å². The third-order valence-electron chi connectivity index (χ3n) is 6.97. The van der Waals surface area contributed by atoms with Gasteiger partial charge in [-0.3, -0.25) is 4.79 Å². The molecule has 2 aliphatic rings. The molecular weight excluding hydrogens is 441 g/mol. The predicted molar refractivity (Wildman–Crippen MR) is 128 cm³/mol. The Labute approximate surface area is 196 Å². The van der Waals surface area contributed by atoms with Gasteiger partial charge in [0.1, 0.15) is 5.82 Å². The van der Waals surface area contributed by atoms with Crippen molar-refractivity contribution < 1.29 is 17.6 Å². The van der Waals surface area contributed by atoms with E-state index in [1.165, 1.54) is 45.4 Å². The Kier molecular flexibility index (Phi) is 7.05. The number of amides is 1. The van der Waals surface area contributed by atoms with Crippen molar-refractivity contribution in [3.63, 3.8) is 0 Å². The molecule has 2 heterocycles. The Morgan fingerprint density at radius 1 is 0.939 bits per heavy atom. The molecule has 33 heavy (non-hydrogen) atoms. The van der Waals surface area contributed by atoms with Crippen molar-refractivity contribution in [2.24, 2.45) is 5.92 Å². The molecule has 0 spiro atoms. The number of sulfonamides is 1. The zero-order chi connectivity index (χ0) is 23.6. The van der Waals surface area contributed by atoms with Gasteiger partial charge >= 0.3 is 0 Å². The van der Waals surface area contributed by atoms with Crippen LogP contribution in [-0.4, -0.2) is 62.8 Å². The van der Waals surface area contributed by atoms with Crippen LogP contribution in [0.15, 0.2) is 42.5 Å². The lowest BCUT2D eigenvalue weighted by molar-refractivity contribution is -0.137. The van der Waals surface area contributed by atoms with E-state index in [1.807, 2.05) is 4.90 Å². The summed E-state index contributed by atoms with van der Waals surface area (Å²) in [6.07, 6.45) is 1.08. The summed E-state index contributed by atoms with van der Waals surface area (Å²) in [6.45, 7) is 7.95. The van der Waals surface area contributed by atoms with E-state index in [4.69, 9.17) is 0 Å². The number of hydrogen-bond acceptors (Lipinski definition) is 4. The van der Waals surface area contributed by atoms with Gasteiger partial charge in [-0.25, -0.2) is 17.1 Å². The lowest BCUT2D eigenvalue weighted by Crippen LogP contribution is -2.52. The lowest BCUT2D eigenvalue weighted by atomic mass is 9.96. The molecule has 0 aromatic heterocycles. The summed E-state index contributed by atoms with van der Waals surface area (Å²) >= 11 is 0. The first-order valence-corrected chi connectivity index (χ1v) is 13.2. The van der Waals surface area contributed by atoms with Gasteiger partial charge < -0.3 is 9.80 Å². The highest BCUT2D eigenvalue weighted by atomic mass is 32.2. The molecule has 2 aliphatic heterocycles. The average Bonchev–Trinajstić information content (AvgIpc) is 2.82. The zero-order valence-corrected chi connectivity index (χ0v) is 20.2. The molecule has 2 aromatic rings. The fourth-order valence-corrected chi connectivity index (χ4v) is 6.33. The number of halogens is 1. The molecule has 2 saturated heterocycles. The van der Waals surface area contributed by atoms with Crippen LogP contribution >= 0.6 is 0 Å². The first-order chi connectivity index (χ1) is 15.7. The Morgan fingerprint density at radius 2 is 1.58 bits per heavy atom. The number of piperazine rings is 1. The first kappa shape index (κ1) is 23.7. The Balaban J connectivity index is 1.29. The van der Waals surface area contributed by atoms with Crippen molar-refractivity contribution in [3.05, 3.63) is 65.0 Å². The van der Waals surface area contributed by atoms with Crippen molar-refractivity contribution in [1.82, 2.24) is 9.21 Å². The number of nitrogens with zero attached hydrogens (tertiary/aromatic N) is 3. The van der Waals surface area contributed by atoms with Gasteiger partial charge in [-0.2, -0.15) is 0 Å². The van der Waals surface area contributed by atoms with Gasteiger partial charge in [-0.1, -0.05) is 24.3 Å². The summed E-state index contributed by atoms with van der Waals surface area (Å²) in [6, 6.07) is 11.9. The minimum absolute atomic E-state index is 0.130. The standard InChI is InChI=1S/C25H32FN3O3S/c1-19-4-3-5-24(20(19)2)27-14-16-28(17-15-27)25(30)22-10-12-29(13-11-22)33(31,32)18-21-6-8-23(26)9-7-21/h3-9,22H,10-18H2,1-2H3. The van der Waals surface area contributed by atoms with E-state index in [0.717, 1.165) is 13.1 Å². The second-order valence-corrected chi connectivity index (χ2v) is 11.1. The molecule has 0 aliphatic carbocycles. The maximum absolute atomic E-state index is 13.1. The highest BCUT2D eigenvalue weighted by Crippen LogP contribution is 2.26. The van der Waals surface area contributed by atoms with Gasteiger partial charge in [0.2, 0.25) is 15.9 Å². The summed E-state index contributed by atoms with van der Waals surface area (Å²) < 4.78 is 40.1. The number of aryl methyl sites for hydroxylation is 1. The lowest BCUT2D eigenvalue weighted by Gasteiger charge is -2.39. The van der Waals surface area contributed by atoms with Gasteiger partial charge in [0.05, 0.1) is 5.75 Å².